The molecule has 0 aliphatic carbocycles. The lowest BCUT2D eigenvalue weighted by Gasteiger charge is -2.07. The van der Waals surface area contributed by atoms with E-state index in [9.17, 15) is 4.79 Å². The first-order chi connectivity index (χ1) is 9.15. The summed E-state index contributed by atoms with van der Waals surface area (Å²) < 4.78 is 10.9. The molecule has 0 aliphatic heterocycles. The second kappa shape index (κ2) is 4.44. The fraction of sp³-hybridized carbons (Fsp3) is 0.0769. The van der Waals surface area contributed by atoms with Gasteiger partial charge >= 0.3 is 0 Å². The first kappa shape index (κ1) is 11.8. The van der Waals surface area contributed by atoms with Gasteiger partial charge in [-0.25, -0.2) is 0 Å². The molecule has 0 spiro atoms. The van der Waals surface area contributed by atoms with Gasteiger partial charge in [-0.3, -0.25) is 9.89 Å². The van der Waals surface area contributed by atoms with E-state index in [2.05, 4.69) is 10.2 Å². The third-order valence-corrected chi connectivity index (χ3v) is 2.91. The van der Waals surface area contributed by atoms with Gasteiger partial charge in [-0.2, -0.15) is 0 Å². The van der Waals surface area contributed by atoms with Crippen molar-refractivity contribution in [1.82, 2.24) is 10.2 Å². The second-order valence-electron chi connectivity index (χ2n) is 4.03. The number of nitrogens with one attached hydrogen (secondary N) is 1. The largest absolute Gasteiger partial charge is 0.464 e. The minimum Gasteiger partial charge on any atom is -0.464 e. The highest BCUT2D eigenvalue weighted by Crippen LogP contribution is 2.32. The third-order valence-electron chi connectivity index (χ3n) is 2.71. The molecule has 5 nitrogen and oxygen atoms in total. The molecule has 0 unspecified atom stereocenters. The van der Waals surface area contributed by atoms with E-state index >= 15 is 0 Å². The highest BCUT2D eigenvalue weighted by molar-refractivity contribution is 6.29. The number of benzene rings is 1. The molecule has 19 heavy (non-hydrogen) atoms. The number of rotatable bonds is 2. The van der Waals surface area contributed by atoms with Crippen molar-refractivity contribution in [2.75, 3.05) is 0 Å². The Hall–Kier alpha value is -2.27. The molecule has 3 aromatic rings. The quantitative estimate of drug-likeness (QED) is 0.780. The summed E-state index contributed by atoms with van der Waals surface area (Å²) in [5, 5.41) is 7.22. The number of hydrogen-bond acceptors (Lipinski definition) is 4. The summed E-state index contributed by atoms with van der Waals surface area (Å²) in [5.74, 6) is 0.493. The van der Waals surface area contributed by atoms with Crippen molar-refractivity contribution in [1.29, 1.82) is 0 Å². The Morgan fingerprint density at radius 3 is 3.00 bits per heavy atom. The first-order valence-corrected chi connectivity index (χ1v) is 5.93. The molecule has 1 aromatic carbocycles. The summed E-state index contributed by atoms with van der Waals surface area (Å²) in [6, 6.07) is 6.69. The predicted octanol–water partition coefficient (Wildman–Crippen LogP) is 3.27. The third kappa shape index (κ3) is 2.08. The Morgan fingerprint density at radius 2 is 2.21 bits per heavy atom. The van der Waals surface area contributed by atoms with E-state index in [0.717, 1.165) is 10.9 Å². The van der Waals surface area contributed by atoms with Crippen LogP contribution in [0.1, 0.15) is 5.56 Å². The maximum absolute atomic E-state index is 11.7. The van der Waals surface area contributed by atoms with Crippen LogP contribution in [-0.4, -0.2) is 10.2 Å². The zero-order valence-electron chi connectivity index (χ0n) is 9.94. The normalized spacial score (nSPS) is 10.8. The number of H-pyrrole nitrogens is 1. The van der Waals surface area contributed by atoms with Crippen molar-refractivity contribution in [2.45, 2.75) is 6.92 Å². The second-order valence-corrected chi connectivity index (χ2v) is 4.44. The molecule has 2 heterocycles. The molecule has 0 atom stereocenters. The highest BCUT2D eigenvalue weighted by Gasteiger charge is 2.12. The van der Waals surface area contributed by atoms with Gasteiger partial charge < -0.3 is 9.15 Å². The van der Waals surface area contributed by atoms with E-state index in [1.807, 2.05) is 19.1 Å². The Labute approximate surface area is 112 Å². The lowest BCUT2D eigenvalue weighted by Crippen LogP contribution is -2.07. The van der Waals surface area contributed by atoms with Crippen LogP contribution in [0, 0.1) is 6.92 Å². The summed E-state index contributed by atoms with van der Waals surface area (Å²) in [5.41, 5.74) is 1.18. The average Bonchev–Trinajstić information content (AvgIpc) is 2.84. The van der Waals surface area contributed by atoms with Crippen LogP contribution in [-0.2, 0) is 0 Å². The lowest BCUT2D eigenvalue weighted by molar-refractivity contribution is 0.452. The van der Waals surface area contributed by atoms with Gasteiger partial charge in [-0.1, -0.05) is 17.7 Å². The maximum atomic E-state index is 11.7. The predicted molar refractivity (Wildman–Crippen MR) is 70.9 cm³/mol. The van der Waals surface area contributed by atoms with Gasteiger partial charge in [0.2, 0.25) is 5.43 Å². The van der Waals surface area contributed by atoms with Crippen LogP contribution in [0.5, 0.6) is 11.6 Å². The molecule has 6 heteroatoms. The monoisotopic (exact) mass is 276 g/mol. The maximum Gasteiger partial charge on any atom is 0.285 e. The summed E-state index contributed by atoms with van der Waals surface area (Å²) in [6.45, 7) is 1.88. The fourth-order valence-electron chi connectivity index (χ4n) is 1.80. The smallest absolute Gasteiger partial charge is 0.285 e. The Balaban J connectivity index is 2.12. The van der Waals surface area contributed by atoms with Crippen molar-refractivity contribution in [3.8, 4) is 11.6 Å². The van der Waals surface area contributed by atoms with Crippen LogP contribution in [0.3, 0.4) is 0 Å². The topological polar surface area (TPSA) is 68.1 Å². The molecule has 0 aliphatic rings. The van der Waals surface area contributed by atoms with Gasteiger partial charge in [-0.05, 0) is 24.6 Å². The number of nitrogens with zero attached hydrogens (tertiary/aromatic N) is 1. The number of fused-ring (bicyclic) bond motifs is 1. The van der Waals surface area contributed by atoms with Crippen LogP contribution in [0.15, 0.2) is 39.7 Å². The number of hydrogen-bond donors (Lipinski definition) is 1. The van der Waals surface area contributed by atoms with Crippen LogP contribution < -0.4 is 10.2 Å². The minimum absolute atomic E-state index is 0.0544. The van der Waals surface area contributed by atoms with Gasteiger partial charge in [0, 0.05) is 6.07 Å². The number of aromatic nitrogens is 2. The van der Waals surface area contributed by atoms with Gasteiger partial charge in [0.25, 0.3) is 5.88 Å². The molecule has 0 fully saturated rings. The first-order valence-electron chi connectivity index (χ1n) is 5.55. The number of aromatic amines is 1. The molecule has 96 valence electrons. The van der Waals surface area contributed by atoms with Crippen molar-refractivity contribution < 1.29 is 9.15 Å². The molecule has 0 saturated carbocycles. The fourth-order valence-corrected chi connectivity index (χ4v) is 1.94. The highest BCUT2D eigenvalue weighted by atomic mass is 35.5. The number of halogens is 1. The molecule has 0 radical (unpaired) electrons. The van der Waals surface area contributed by atoms with E-state index in [0.29, 0.717) is 11.3 Å². The number of furan rings is 1. The summed E-state index contributed by atoms with van der Waals surface area (Å²) >= 11 is 5.64. The van der Waals surface area contributed by atoms with E-state index < -0.39 is 0 Å². The van der Waals surface area contributed by atoms with Crippen molar-refractivity contribution in [3.63, 3.8) is 0 Å². The molecule has 1 N–H and O–H groups in total. The van der Waals surface area contributed by atoms with E-state index in [1.165, 1.54) is 6.07 Å². The summed E-state index contributed by atoms with van der Waals surface area (Å²) in [7, 11) is 0. The summed E-state index contributed by atoms with van der Waals surface area (Å²) in [4.78, 5) is 11.7. The molecule has 3 rings (SSSR count). The van der Waals surface area contributed by atoms with Crippen molar-refractivity contribution >= 4 is 22.6 Å². The Bertz CT molecular complexity index is 807. The minimum atomic E-state index is -0.386. The summed E-state index contributed by atoms with van der Waals surface area (Å²) in [6.07, 6.45) is 1.57. The average molecular weight is 277 g/mol. The molecule has 0 bridgehead atoms. The van der Waals surface area contributed by atoms with Gasteiger partial charge in [0.05, 0.1) is 11.6 Å². The van der Waals surface area contributed by atoms with E-state index in [-0.39, 0.29) is 16.5 Å². The van der Waals surface area contributed by atoms with Crippen LogP contribution in [0.4, 0.5) is 0 Å². The van der Waals surface area contributed by atoms with Crippen LogP contribution in [0.25, 0.3) is 11.0 Å². The number of aryl methyl sites for hydroxylation is 1. The van der Waals surface area contributed by atoms with E-state index in [1.54, 1.807) is 12.3 Å². The van der Waals surface area contributed by atoms with Crippen molar-refractivity contribution in [2.24, 2.45) is 0 Å². The number of ether oxygens (including phenoxy) is 1. The van der Waals surface area contributed by atoms with Crippen molar-refractivity contribution in [3.05, 3.63) is 51.5 Å². The molecule has 2 aromatic heterocycles. The SMILES string of the molecule is Cc1ccc2occc2c1Oc1n[nH]c(Cl)cc1=O. The zero-order chi connectivity index (χ0) is 13.4. The zero-order valence-corrected chi connectivity index (χ0v) is 10.7. The molecular weight excluding hydrogens is 268 g/mol. The van der Waals surface area contributed by atoms with E-state index in [4.69, 9.17) is 20.8 Å². The molecule has 0 saturated heterocycles. The lowest BCUT2D eigenvalue weighted by atomic mass is 10.1. The van der Waals surface area contributed by atoms with Gasteiger partial charge in [-0.15, -0.1) is 5.10 Å². The molecule has 0 amide bonds. The Morgan fingerprint density at radius 1 is 1.37 bits per heavy atom. The van der Waals surface area contributed by atoms with Crippen LogP contribution in [0.2, 0.25) is 5.15 Å². The van der Waals surface area contributed by atoms with Crippen LogP contribution >= 0.6 is 11.6 Å². The Kier molecular flexibility index (Phi) is 2.76. The standard InChI is InChI=1S/C13H9ClN2O3/c1-7-2-3-10-8(4-5-18-10)12(7)19-13-9(17)6-11(14)15-16-13/h2-6H,1H3,(H,15,17). The molecular formula is C13H9ClN2O3. The van der Waals surface area contributed by atoms with Gasteiger partial charge in [0.1, 0.15) is 16.5 Å². The van der Waals surface area contributed by atoms with Gasteiger partial charge in [0.15, 0.2) is 0 Å².